The second kappa shape index (κ2) is 13.2. The van der Waals surface area contributed by atoms with Gasteiger partial charge in [-0.15, -0.1) is 0 Å². The van der Waals surface area contributed by atoms with E-state index in [1.54, 1.807) is 43.3 Å². The molecule has 0 saturated heterocycles. The first kappa shape index (κ1) is 28.9. The van der Waals surface area contributed by atoms with Crippen molar-refractivity contribution in [3.05, 3.63) is 95.6 Å². The first-order valence-electron chi connectivity index (χ1n) is 13.0. The van der Waals surface area contributed by atoms with E-state index in [1.807, 2.05) is 63.2 Å². The smallest absolute Gasteiger partial charge is 0.264 e. The van der Waals surface area contributed by atoms with Crippen molar-refractivity contribution < 1.29 is 18.0 Å². The summed E-state index contributed by atoms with van der Waals surface area (Å²) >= 11 is 0. The molecule has 1 atom stereocenters. The van der Waals surface area contributed by atoms with Gasteiger partial charge in [-0.2, -0.15) is 0 Å². The third kappa shape index (κ3) is 7.01. The monoisotopic (exact) mass is 535 g/mol. The molecule has 38 heavy (non-hydrogen) atoms. The van der Waals surface area contributed by atoms with Crippen LogP contribution >= 0.6 is 0 Å². The molecule has 202 valence electrons. The third-order valence-electron chi connectivity index (χ3n) is 6.44. The molecule has 0 unspecified atom stereocenters. The molecule has 0 aliphatic heterocycles. The van der Waals surface area contributed by atoms with Gasteiger partial charge in [0.2, 0.25) is 11.8 Å². The molecule has 0 bridgehead atoms. The minimum absolute atomic E-state index is 0.102. The molecule has 3 aromatic rings. The number of anilines is 1. The molecule has 8 heteroatoms. The summed E-state index contributed by atoms with van der Waals surface area (Å²) in [6.07, 6.45) is 1.36. The number of sulfonamides is 1. The van der Waals surface area contributed by atoms with Gasteiger partial charge < -0.3 is 10.2 Å². The number of nitrogens with one attached hydrogen (secondary N) is 1. The normalized spacial score (nSPS) is 12.0. The Balaban J connectivity index is 2.04. The molecule has 0 aliphatic carbocycles. The number of amides is 2. The summed E-state index contributed by atoms with van der Waals surface area (Å²) in [5.74, 6) is -0.743. The third-order valence-corrected chi connectivity index (χ3v) is 8.22. The van der Waals surface area contributed by atoms with Crippen molar-refractivity contribution in [1.29, 1.82) is 0 Å². The van der Waals surface area contributed by atoms with Crippen molar-refractivity contribution in [2.45, 2.75) is 58.0 Å². The van der Waals surface area contributed by atoms with Crippen molar-refractivity contribution in [3.8, 4) is 0 Å². The summed E-state index contributed by atoms with van der Waals surface area (Å²) in [6.45, 7) is 7.69. The number of aryl methyl sites for hydroxylation is 2. The number of hydrogen-bond donors (Lipinski definition) is 1. The second-order valence-electron chi connectivity index (χ2n) is 9.28. The van der Waals surface area contributed by atoms with E-state index in [4.69, 9.17) is 0 Å². The molecule has 3 aromatic carbocycles. The van der Waals surface area contributed by atoms with Crippen molar-refractivity contribution >= 4 is 27.5 Å². The quantitative estimate of drug-likeness (QED) is 0.364. The van der Waals surface area contributed by atoms with E-state index in [9.17, 15) is 18.0 Å². The van der Waals surface area contributed by atoms with Crippen LogP contribution in [0.25, 0.3) is 0 Å². The highest BCUT2D eigenvalue weighted by atomic mass is 32.2. The average Bonchev–Trinajstić information content (AvgIpc) is 2.93. The van der Waals surface area contributed by atoms with Crippen LogP contribution in [0.15, 0.2) is 83.8 Å². The Morgan fingerprint density at radius 2 is 1.53 bits per heavy atom. The lowest BCUT2D eigenvalue weighted by atomic mass is 10.1. The standard InChI is InChI=1S/C30H37N3O4S/c1-5-20-31-30(35)24(4)32(21-25-12-8-7-9-13-25)29(34)22-33(28-15-11-10-14-26(28)6-2)38(36,37)27-18-16-23(3)17-19-27/h7-19,24H,5-6,20-22H2,1-4H3,(H,31,35)/t24-/m1/s1. The number of benzene rings is 3. The molecule has 0 saturated carbocycles. The largest absolute Gasteiger partial charge is 0.354 e. The predicted molar refractivity (Wildman–Crippen MR) is 151 cm³/mol. The summed E-state index contributed by atoms with van der Waals surface area (Å²) in [7, 11) is -4.08. The molecule has 0 radical (unpaired) electrons. The van der Waals surface area contributed by atoms with E-state index >= 15 is 0 Å². The van der Waals surface area contributed by atoms with Crippen molar-refractivity contribution in [2.75, 3.05) is 17.4 Å². The average molecular weight is 536 g/mol. The Morgan fingerprint density at radius 1 is 0.895 bits per heavy atom. The first-order chi connectivity index (χ1) is 18.2. The fourth-order valence-corrected chi connectivity index (χ4v) is 5.61. The SMILES string of the molecule is CCCNC(=O)[C@@H](C)N(Cc1ccccc1)C(=O)CN(c1ccccc1CC)S(=O)(=O)c1ccc(C)cc1. The highest BCUT2D eigenvalue weighted by Gasteiger charge is 2.33. The van der Waals surface area contributed by atoms with E-state index in [0.29, 0.717) is 18.7 Å². The topological polar surface area (TPSA) is 86.8 Å². The van der Waals surface area contributed by atoms with Crippen LogP contribution in [0.5, 0.6) is 0 Å². The molecule has 2 amide bonds. The Kier molecular flexibility index (Phi) is 10.1. The lowest BCUT2D eigenvalue weighted by Gasteiger charge is -2.32. The molecule has 0 spiro atoms. The van der Waals surface area contributed by atoms with Gasteiger partial charge in [0, 0.05) is 13.1 Å². The van der Waals surface area contributed by atoms with Gasteiger partial charge in [-0.05, 0) is 56.0 Å². The Bertz CT molecular complexity index is 1330. The summed E-state index contributed by atoms with van der Waals surface area (Å²) in [5, 5.41) is 2.85. The van der Waals surface area contributed by atoms with E-state index < -0.39 is 28.5 Å². The van der Waals surface area contributed by atoms with Crippen LogP contribution in [0.1, 0.15) is 43.9 Å². The number of nitrogens with zero attached hydrogens (tertiary/aromatic N) is 2. The number of carbonyl (C=O) groups is 2. The molecular formula is C30H37N3O4S. The van der Waals surface area contributed by atoms with Crippen LogP contribution < -0.4 is 9.62 Å². The van der Waals surface area contributed by atoms with Crippen molar-refractivity contribution in [2.24, 2.45) is 0 Å². The van der Waals surface area contributed by atoms with Gasteiger partial charge in [0.15, 0.2) is 0 Å². The van der Waals surface area contributed by atoms with Gasteiger partial charge in [-0.25, -0.2) is 8.42 Å². The van der Waals surface area contributed by atoms with Gasteiger partial charge in [-0.3, -0.25) is 13.9 Å². The maximum absolute atomic E-state index is 13.9. The molecule has 7 nitrogen and oxygen atoms in total. The summed E-state index contributed by atoms with van der Waals surface area (Å²) in [4.78, 5) is 28.4. The highest BCUT2D eigenvalue weighted by molar-refractivity contribution is 7.92. The predicted octanol–water partition coefficient (Wildman–Crippen LogP) is 4.70. The zero-order valence-electron chi connectivity index (χ0n) is 22.6. The molecular weight excluding hydrogens is 498 g/mol. The number of para-hydroxylation sites is 1. The molecule has 0 fully saturated rings. The molecule has 1 N–H and O–H groups in total. The van der Waals surface area contributed by atoms with Crippen LogP contribution in [0, 0.1) is 6.92 Å². The van der Waals surface area contributed by atoms with Crippen LogP contribution in [0.3, 0.4) is 0 Å². The summed E-state index contributed by atoms with van der Waals surface area (Å²) < 4.78 is 29.1. The molecule has 0 heterocycles. The maximum atomic E-state index is 13.9. The Labute approximate surface area is 226 Å². The second-order valence-corrected chi connectivity index (χ2v) is 11.1. The number of rotatable bonds is 12. The lowest BCUT2D eigenvalue weighted by Crippen LogP contribution is -2.51. The first-order valence-corrected chi connectivity index (χ1v) is 14.4. The Morgan fingerprint density at radius 3 is 2.16 bits per heavy atom. The highest BCUT2D eigenvalue weighted by Crippen LogP contribution is 2.28. The van der Waals surface area contributed by atoms with E-state index in [-0.39, 0.29) is 17.3 Å². The van der Waals surface area contributed by atoms with Crippen molar-refractivity contribution in [1.82, 2.24) is 10.2 Å². The fourth-order valence-electron chi connectivity index (χ4n) is 4.16. The van der Waals surface area contributed by atoms with Crippen LogP contribution in [0.2, 0.25) is 0 Å². The molecule has 3 rings (SSSR count). The molecule has 0 aliphatic rings. The van der Waals surface area contributed by atoms with Gasteiger partial charge in [-0.1, -0.05) is 80.1 Å². The van der Waals surface area contributed by atoms with Crippen molar-refractivity contribution in [3.63, 3.8) is 0 Å². The number of carbonyl (C=O) groups excluding carboxylic acids is 2. The number of hydrogen-bond acceptors (Lipinski definition) is 4. The van der Waals surface area contributed by atoms with Crippen LogP contribution in [-0.2, 0) is 32.6 Å². The van der Waals surface area contributed by atoms with Gasteiger partial charge in [0.25, 0.3) is 10.0 Å². The summed E-state index contributed by atoms with van der Waals surface area (Å²) in [5.41, 5.74) is 3.03. The Hall–Kier alpha value is -3.65. The minimum Gasteiger partial charge on any atom is -0.354 e. The maximum Gasteiger partial charge on any atom is 0.264 e. The molecule has 0 aromatic heterocycles. The van der Waals surface area contributed by atoms with Gasteiger partial charge in [0.05, 0.1) is 10.6 Å². The van der Waals surface area contributed by atoms with E-state index in [2.05, 4.69) is 5.32 Å². The van der Waals surface area contributed by atoms with E-state index in [0.717, 1.165) is 23.1 Å². The zero-order valence-corrected chi connectivity index (χ0v) is 23.4. The minimum atomic E-state index is -4.08. The summed E-state index contributed by atoms with van der Waals surface area (Å²) in [6, 6.07) is 22.4. The van der Waals surface area contributed by atoms with Crippen LogP contribution in [0.4, 0.5) is 5.69 Å². The fraction of sp³-hybridized carbons (Fsp3) is 0.333. The zero-order chi connectivity index (χ0) is 27.7. The van der Waals surface area contributed by atoms with Gasteiger partial charge >= 0.3 is 0 Å². The lowest BCUT2D eigenvalue weighted by molar-refractivity contribution is -0.139. The van der Waals surface area contributed by atoms with Crippen LogP contribution in [-0.4, -0.2) is 44.3 Å². The van der Waals surface area contributed by atoms with E-state index in [1.165, 1.54) is 9.21 Å². The van der Waals surface area contributed by atoms with Gasteiger partial charge in [0.1, 0.15) is 12.6 Å².